The highest BCUT2D eigenvalue weighted by Crippen LogP contribution is 2.38. The van der Waals surface area contributed by atoms with Gasteiger partial charge in [-0.3, -0.25) is 10.1 Å². The van der Waals surface area contributed by atoms with Gasteiger partial charge in [-0.1, -0.05) is 0 Å². The van der Waals surface area contributed by atoms with Gasteiger partial charge in [-0.25, -0.2) is 4.99 Å². The van der Waals surface area contributed by atoms with Crippen molar-refractivity contribution in [2.75, 3.05) is 46.6 Å². The molecule has 2 aliphatic rings. The lowest BCUT2D eigenvalue weighted by Crippen LogP contribution is -2.36. The molecule has 0 spiro atoms. The third-order valence-electron chi connectivity index (χ3n) is 5.27. The Morgan fingerprint density at radius 1 is 1.06 bits per heavy atom. The molecule has 1 fully saturated rings. The van der Waals surface area contributed by atoms with Crippen LogP contribution >= 0.6 is 0 Å². The Hall–Kier alpha value is -3.66. The Kier molecular flexibility index (Phi) is 7.04. The average Bonchev–Trinajstić information content (AvgIpc) is 3.53. The van der Waals surface area contributed by atoms with E-state index in [0.717, 1.165) is 19.4 Å². The van der Waals surface area contributed by atoms with E-state index < -0.39 is 5.91 Å². The molecule has 4 rings (SSSR count). The van der Waals surface area contributed by atoms with E-state index in [1.54, 1.807) is 24.3 Å². The van der Waals surface area contributed by atoms with Crippen molar-refractivity contribution in [3.8, 4) is 28.7 Å². The molecule has 0 aromatic heterocycles. The molecule has 2 N–H and O–H groups in total. The molecule has 10 nitrogen and oxygen atoms in total. The molecule has 1 atom stereocenters. The predicted molar refractivity (Wildman–Crippen MR) is 121 cm³/mol. The van der Waals surface area contributed by atoms with Crippen molar-refractivity contribution >= 4 is 17.6 Å². The Labute approximate surface area is 191 Å². The molecule has 1 amide bonds. The van der Waals surface area contributed by atoms with Crippen LogP contribution in [0.15, 0.2) is 35.3 Å². The number of methoxy groups -OCH3 is 3. The number of nitrogens with one attached hydrogen (secondary N) is 2. The first kappa shape index (κ1) is 22.5. The second kappa shape index (κ2) is 10.3. The van der Waals surface area contributed by atoms with E-state index in [-0.39, 0.29) is 18.9 Å². The third kappa shape index (κ3) is 5.23. The lowest BCUT2D eigenvalue weighted by molar-refractivity contribution is 0.0974. The second-order valence-corrected chi connectivity index (χ2v) is 7.39. The van der Waals surface area contributed by atoms with Crippen LogP contribution in [0.25, 0.3) is 0 Å². The van der Waals surface area contributed by atoms with Crippen LogP contribution in [0.2, 0.25) is 0 Å². The van der Waals surface area contributed by atoms with Gasteiger partial charge >= 0.3 is 0 Å². The number of aliphatic imine (C=N–C) groups is 1. The molecule has 2 aliphatic heterocycles. The van der Waals surface area contributed by atoms with Crippen LogP contribution in [0.4, 0.5) is 5.69 Å². The number of hydrogen-bond donors (Lipinski definition) is 2. The molecule has 0 radical (unpaired) electrons. The average molecular weight is 457 g/mol. The number of carbonyl (C=O) groups is 1. The molecule has 0 aliphatic carbocycles. The zero-order valence-corrected chi connectivity index (χ0v) is 18.8. The minimum absolute atomic E-state index is 0.0247. The summed E-state index contributed by atoms with van der Waals surface area (Å²) in [6, 6.07) is 8.56. The molecule has 0 saturated carbocycles. The Morgan fingerprint density at radius 2 is 1.82 bits per heavy atom. The van der Waals surface area contributed by atoms with Gasteiger partial charge in [0.25, 0.3) is 5.91 Å². The van der Waals surface area contributed by atoms with E-state index in [4.69, 9.17) is 28.4 Å². The summed E-state index contributed by atoms with van der Waals surface area (Å²) in [6.45, 7) is 1.32. The molecule has 176 valence electrons. The van der Waals surface area contributed by atoms with Gasteiger partial charge in [-0.15, -0.1) is 0 Å². The fourth-order valence-corrected chi connectivity index (χ4v) is 3.59. The molecule has 2 heterocycles. The van der Waals surface area contributed by atoms with Gasteiger partial charge in [0.2, 0.25) is 18.5 Å². The first-order valence-corrected chi connectivity index (χ1v) is 10.6. The molecular formula is C23H27N3O7. The van der Waals surface area contributed by atoms with Crippen molar-refractivity contribution in [1.29, 1.82) is 0 Å². The summed E-state index contributed by atoms with van der Waals surface area (Å²) < 4.78 is 32.5. The molecule has 2 aromatic carbocycles. The van der Waals surface area contributed by atoms with Gasteiger partial charge in [0.1, 0.15) is 0 Å². The van der Waals surface area contributed by atoms with Crippen LogP contribution in [0.5, 0.6) is 28.7 Å². The molecular weight excluding hydrogens is 430 g/mol. The number of rotatable bonds is 7. The van der Waals surface area contributed by atoms with Gasteiger partial charge in [0.15, 0.2) is 23.0 Å². The predicted octanol–water partition coefficient (Wildman–Crippen LogP) is 2.82. The van der Waals surface area contributed by atoms with Crippen LogP contribution in [0.1, 0.15) is 23.2 Å². The van der Waals surface area contributed by atoms with Crippen LogP contribution < -0.4 is 34.3 Å². The van der Waals surface area contributed by atoms with Gasteiger partial charge in [0.05, 0.1) is 34.0 Å². The van der Waals surface area contributed by atoms with Crippen LogP contribution in [-0.4, -0.2) is 59.2 Å². The van der Waals surface area contributed by atoms with E-state index in [2.05, 4.69) is 15.6 Å². The van der Waals surface area contributed by atoms with E-state index >= 15 is 0 Å². The number of fused-ring (bicyclic) bond motifs is 1. The third-order valence-corrected chi connectivity index (χ3v) is 5.27. The number of amides is 1. The number of benzene rings is 2. The van der Waals surface area contributed by atoms with E-state index in [1.165, 1.54) is 21.3 Å². The van der Waals surface area contributed by atoms with E-state index in [0.29, 0.717) is 46.5 Å². The van der Waals surface area contributed by atoms with Crippen molar-refractivity contribution in [2.45, 2.75) is 18.9 Å². The highest BCUT2D eigenvalue weighted by atomic mass is 16.7. The van der Waals surface area contributed by atoms with Crippen molar-refractivity contribution in [2.24, 2.45) is 4.99 Å². The van der Waals surface area contributed by atoms with Crippen LogP contribution in [0.3, 0.4) is 0 Å². The second-order valence-electron chi connectivity index (χ2n) is 7.39. The Balaban J connectivity index is 1.56. The number of nitrogens with zero attached hydrogens (tertiary/aromatic N) is 1. The van der Waals surface area contributed by atoms with Gasteiger partial charge in [0, 0.05) is 23.9 Å². The number of guanidine groups is 1. The lowest BCUT2D eigenvalue weighted by atomic mass is 10.1. The summed E-state index contributed by atoms with van der Waals surface area (Å²) in [5.41, 5.74) is 1.01. The summed E-state index contributed by atoms with van der Waals surface area (Å²) >= 11 is 0. The number of anilines is 1. The minimum atomic E-state index is -0.395. The van der Waals surface area contributed by atoms with Crippen LogP contribution in [0, 0.1) is 0 Å². The fraction of sp³-hybridized carbons (Fsp3) is 0.391. The van der Waals surface area contributed by atoms with E-state index in [1.807, 2.05) is 6.07 Å². The van der Waals surface area contributed by atoms with Crippen molar-refractivity contribution in [3.63, 3.8) is 0 Å². The van der Waals surface area contributed by atoms with Gasteiger partial charge in [-0.2, -0.15) is 0 Å². The van der Waals surface area contributed by atoms with E-state index in [9.17, 15) is 4.79 Å². The zero-order valence-electron chi connectivity index (χ0n) is 18.8. The Morgan fingerprint density at radius 3 is 2.48 bits per heavy atom. The summed E-state index contributed by atoms with van der Waals surface area (Å²) in [5, 5.41) is 5.99. The molecule has 1 saturated heterocycles. The van der Waals surface area contributed by atoms with Gasteiger partial charge in [-0.05, 0) is 37.1 Å². The number of ether oxygens (including phenoxy) is 6. The maximum absolute atomic E-state index is 13.1. The molecule has 1 unspecified atom stereocenters. The first-order valence-electron chi connectivity index (χ1n) is 10.6. The summed E-state index contributed by atoms with van der Waals surface area (Å²) in [4.78, 5) is 17.7. The van der Waals surface area contributed by atoms with Crippen LogP contribution in [-0.2, 0) is 4.74 Å². The topological polar surface area (TPSA) is 109 Å². The highest BCUT2D eigenvalue weighted by molar-refractivity contribution is 6.10. The quantitative estimate of drug-likeness (QED) is 0.483. The largest absolute Gasteiger partial charge is 0.493 e. The minimum Gasteiger partial charge on any atom is -0.493 e. The Bertz CT molecular complexity index is 1010. The first-order chi connectivity index (χ1) is 16.1. The SMILES string of the molecule is COc1cc(C(=O)NC(=NCC2CCCO2)Nc2ccc3c(c2)OCO3)cc(OC)c1OC. The summed E-state index contributed by atoms with van der Waals surface area (Å²) in [7, 11) is 4.49. The molecule has 2 aromatic rings. The normalized spacial score (nSPS) is 16.9. The fourth-order valence-electron chi connectivity index (χ4n) is 3.59. The highest BCUT2D eigenvalue weighted by Gasteiger charge is 2.20. The summed E-state index contributed by atoms with van der Waals surface area (Å²) in [5.74, 6) is 2.33. The van der Waals surface area contributed by atoms with Gasteiger partial charge < -0.3 is 33.7 Å². The zero-order chi connectivity index (χ0) is 23.2. The van der Waals surface area contributed by atoms with Crippen molar-refractivity contribution in [1.82, 2.24) is 5.32 Å². The molecule has 33 heavy (non-hydrogen) atoms. The maximum atomic E-state index is 13.1. The number of carbonyl (C=O) groups excluding carboxylic acids is 1. The standard InChI is InChI=1S/C23H27N3O7/c1-28-19-9-14(10-20(29-2)21(19)30-3)22(27)26-23(24-12-16-5-4-8-31-16)25-15-6-7-17-18(11-15)33-13-32-17/h6-7,9-11,16H,4-5,8,12-13H2,1-3H3,(H2,24,25,26,27). The van der Waals surface area contributed by atoms with Crippen molar-refractivity contribution < 1.29 is 33.2 Å². The number of hydrogen-bond acceptors (Lipinski definition) is 8. The smallest absolute Gasteiger partial charge is 0.258 e. The molecule has 10 heteroatoms. The molecule has 0 bridgehead atoms. The monoisotopic (exact) mass is 457 g/mol. The lowest BCUT2D eigenvalue weighted by Gasteiger charge is -2.16. The maximum Gasteiger partial charge on any atom is 0.258 e. The van der Waals surface area contributed by atoms with Crippen molar-refractivity contribution in [3.05, 3.63) is 35.9 Å². The summed E-state index contributed by atoms with van der Waals surface area (Å²) in [6.07, 6.45) is 1.96.